The molecule has 2 heterocycles. The number of rotatable bonds is 5. The Morgan fingerprint density at radius 1 is 1.32 bits per heavy atom. The maximum Gasteiger partial charge on any atom is 0.193 e. The first-order chi connectivity index (χ1) is 12.3. The van der Waals surface area contributed by atoms with Crippen molar-refractivity contribution in [2.24, 2.45) is 4.99 Å². The average molecular weight is 346 g/mol. The van der Waals surface area contributed by atoms with Gasteiger partial charge in [-0.25, -0.2) is 0 Å². The van der Waals surface area contributed by atoms with Gasteiger partial charge in [0.15, 0.2) is 5.96 Å². The molecule has 1 aromatic rings. The highest BCUT2D eigenvalue weighted by molar-refractivity contribution is 5.80. The number of nitrogens with zero attached hydrogens (tertiary/aromatic N) is 3. The first-order valence-electron chi connectivity index (χ1n) is 9.29. The van der Waals surface area contributed by atoms with Gasteiger partial charge in [-0.2, -0.15) is 0 Å². The van der Waals surface area contributed by atoms with Gasteiger partial charge in [-0.1, -0.05) is 12.1 Å². The van der Waals surface area contributed by atoms with Crippen molar-refractivity contribution in [1.82, 2.24) is 15.1 Å². The zero-order valence-electron chi connectivity index (χ0n) is 15.4. The molecule has 1 N–H and O–H groups in total. The fraction of sp³-hybridized carbons (Fsp3) is 0.632. The van der Waals surface area contributed by atoms with Gasteiger partial charge in [-0.05, 0) is 31.0 Å². The monoisotopic (exact) mass is 346 g/mol. The Morgan fingerprint density at radius 3 is 2.92 bits per heavy atom. The third-order valence-electron chi connectivity index (χ3n) is 4.90. The van der Waals surface area contributed by atoms with Crippen molar-refractivity contribution in [3.8, 4) is 5.75 Å². The number of aliphatic imine (C=N–C) groups is 1. The van der Waals surface area contributed by atoms with Gasteiger partial charge >= 0.3 is 0 Å². The van der Waals surface area contributed by atoms with Crippen molar-refractivity contribution in [2.45, 2.75) is 25.9 Å². The normalized spacial score (nSPS) is 22.2. The van der Waals surface area contributed by atoms with Crippen LogP contribution in [-0.4, -0.2) is 74.8 Å². The van der Waals surface area contributed by atoms with Gasteiger partial charge in [-0.15, -0.1) is 0 Å². The molecule has 0 amide bonds. The molecule has 3 rings (SSSR count). The van der Waals surface area contributed by atoms with Crippen LogP contribution in [0, 0.1) is 0 Å². The van der Waals surface area contributed by atoms with E-state index in [9.17, 15) is 0 Å². The van der Waals surface area contributed by atoms with Crippen LogP contribution in [0.25, 0.3) is 0 Å². The van der Waals surface area contributed by atoms with Gasteiger partial charge in [0, 0.05) is 45.8 Å². The SMILES string of the molecule is CCOc1cccc(CNC(=NC)N2CCC(N3CCOCC3)C2)c1. The molecule has 2 saturated heterocycles. The van der Waals surface area contributed by atoms with E-state index < -0.39 is 0 Å². The largest absolute Gasteiger partial charge is 0.494 e. The zero-order valence-corrected chi connectivity index (χ0v) is 15.4. The number of ether oxygens (including phenoxy) is 2. The summed E-state index contributed by atoms with van der Waals surface area (Å²) < 4.78 is 11.0. The molecule has 6 heteroatoms. The molecule has 0 aliphatic carbocycles. The minimum atomic E-state index is 0.615. The maximum atomic E-state index is 5.58. The number of benzene rings is 1. The lowest BCUT2D eigenvalue weighted by Gasteiger charge is -2.32. The van der Waals surface area contributed by atoms with Gasteiger partial charge < -0.3 is 19.7 Å². The summed E-state index contributed by atoms with van der Waals surface area (Å²) in [6.07, 6.45) is 1.19. The second kappa shape index (κ2) is 9.06. The molecule has 0 spiro atoms. The molecule has 25 heavy (non-hydrogen) atoms. The number of likely N-dealkylation sites (tertiary alicyclic amines) is 1. The highest BCUT2D eigenvalue weighted by Gasteiger charge is 2.30. The second-order valence-corrected chi connectivity index (χ2v) is 6.52. The molecule has 0 radical (unpaired) electrons. The third kappa shape index (κ3) is 4.86. The molecule has 6 nitrogen and oxygen atoms in total. The number of guanidine groups is 1. The Morgan fingerprint density at radius 2 is 2.16 bits per heavy atom. The van der Waals surface area contributed by atoms with Crippen molar-refractivity contribution in [3.63, 3.8) is 0 Å². The summed E-state index contributed by atoms with van der Waals surface area (Å²) in [7, 11) is 1.86. The summed E-state index contributed by atoms with van der Waals surface area (Å²) >= 11 is 0. The summed E-state index contributed by atoms with van der Waals surface area (Å²) in [5.41, 5.74) is 1.20. The molecule has 1 aromatic carbocycles. The molecule has 1 atom stereocenters. The van der Waals surface area contributed by atoms with E-state index in [-0.39, 0.29) is 0 Å². The minimum Gasteiger partial charge on any atom is -0.494 e. The Labute approximate surface area is 150 Å². The second-order valence-electron chi connectivity index (χ2n) is 6.52. The Kier molecular flexibility index (Phi) is 6.53. The van der Waals surface area contributed by atoms with E-state index in [4.69, 9.17) is 9.47 Å². The van der Waals surface area contributed by atoms with Crippen LogP contribution in [0.3, 0.4) is 0 Å². The predicted octanol–water partition coefficient (Wildman–Crippen LogP) is 1.57. The number of morpholine rings is 1. The highest BCUT2D eigenvalue weighted by atomic mass is 16.5. The Balaban J connectivity index is 1.52. The van der Waals surface area contributed by atoms with E-state index in [0.717, 1.165) is 57.6 Å². The van der Waals surface area contributed by atoms with Crippen LogP contribution in [0.1, 0.15) is 18.9 Å². The number of hydrogen-bond acceptors (Lipinski definition) is 4. The van der Waals surface area contributed by atoms with E-state index in [1.54, 1.807) is 0 Å². The van der Waals surface area contributed by atoms with Crippen molar-refractivity contribution < 1.29 is 9.47 Å². The fourth-order valence-corrected chi connectivity index (χ4v) is 3.60. The van der Waals surface area contributed by atoms with Crippen molar-refractivity contribution in [1.29, 1.82) is 0 Å². The topological polar surface area (TPSA) is 49.3 Å². The molecule has 0 saturated carbocycles. The smallest absolute Gasteiger partial charge is 0.193 e. The van der Waals surface area contributed by atoms with E-state index in [1.807, 2.05) is 26.1 Å². The first kappa shape index (κ1) is 18.0. The summed E-state index contributed by atoms with van der Waals surface area (Å²) in [5, 5.41) is 3.50. The van der Waals surface area contributed by atoms with Gasteiger partial charge in [0.2, 0.25) is 0 Å². The average Bonchev–Trinajstić information content (AvgIpc) is 3.14. The van der Waals surface area contributed by atoms with Crippen LogP contribution in [0.15, 0.2) is 29.3 Å². The Bertz CT molecular complexity index is 572. The van der Waals surface area contributed by atoms with Crippen LogP contribution in [0.2, 0.25) is 0 Å². The molecule has 138 valence electrons. The molecular formula is C19H30N4O2. The van der Waals surface area contributed by atoms with Crippen molar-refractivity contribution in [2.75, 3.05) is 53.0 Å². The number of hydrogen-bond donors (Lipinski definition) is 1. The molecule has 2 fully saturated rings. The van der Waals surface area contributed by atoms with E-state index in [0.29, 0.717) is 12.6 Å². The molecule has 2 aliphatic heterocycles. The van der Waals surface area contributed by atoms with E-state index >= 15 is 0 Å². The Hall–Kier alpha value is -1.79. The van der Waals surface area contributed by atoms with Gasteiger partial charge in [0.1, 0.15) is 5.75 Å². The molecule has 1 unspecified atom stereocenters. The summed E-state index contributed by atoms with van der Waals surface area (Å²) in [4.78, 5) is 9.41. The van der Waals surface area contributed by atoms with Crippen LogP contribution in [0.4, 0.5) is 0 Å². The zero-order chi connectivity index (χ0) is 17.5. The van der Waals surface area contributed by atoms with Crippen molar-refractivity contribution >= 4 is 5.96 Å². The highest BCUT2D eigenvalue weighted by Crippen LogP contribution is 2.17. The lowest BCUT2D eigenvalue weighted by molar-refractivity contribution is 0.0195. The van der Waals surface area contributed by atoms with E-state index in [2.05, 4.69) is 32.2 Å². The van der Waals surface area contributed by atoms with Crippen LogP contribution in [0.5, 0.6) is 5.75 Å². The van der Waals surface area contributed by atoms with Gasteiger partial charge in [0.25, 0.3) is 0 Å². The molecule has 0 bridgehead atoms. The lowest BCUT2D eigenvalue weighted by Crippen LogP contribution is -2.46. The minimum absolute atomic E-state index is 0.615. The first-order valence-corrected chi connectivity index (χ1v) is 9.29. The number of nitrogens with one attached hydrogen (secondary N) is 1. The van der Waals surface area contributed by atoms with Gasteiger partial charge in [0.05, 0.1) is 19.8 Å². The third-order valence-corrected chi connectivity index (χ3v) is 4.90. The molecule has 2 aliphatic rings. The summed E-state index contributed by atoms with van der Waals surface area (Å²) in [6, 6.07) is 8.85. The predicted molar refractivity (Wildman–Crippen MR) is 100 cm³/mol. The van der Waals surface area contributed by atoms with Crippen LogP contribution < -0.4 is 10.1 Å². The molecule has 0 aromatic heterocycles. The summed E-state index contributed by atoms with van der Waals surface area (Å²) in [6.45, 7) is 9.37. The van der Waals surface area contributed by atoms with Gasteiger partial charge in [-0.3, -0.25) is 9.89 Å². The fourth-order valence-electron chi connectivity index (χ4n) is 3.60. The quantitative estimate of drug-likeness (QED) is 0.648. The van der Waals surface area contributed by atoms with E-state index in [1.165, 1.54) is 12.0 Å². The lowest BCUT2D eigenvalue weighted by atomic mass is 10.2. The van der Waals surface area contributed by atoms with Crippen molar-refractivity contribution in [3.05, 3.63) is 29.8 Å². The maximum absolute atomic E-state index is 5.58. The van der Waals surface area contributed by atoms with Crippen LogP contribution in [-0.2, 0) is 11.3 Å². The van der Waals surface area contributed by atoms with Crippen LogP contribution >= 0.6 is 0 Å². The molecular weight excluding hydrogens is 316 g/mol. The summed E-state index contributed by atoms with van der Waals surface area (Å²) in [5.74, 6) is 1.91. The standard InChI is InChI=1S/C19H30N4O2/c1-3-25-18-6-4-5-16(13-18)14-21-19(20-2)23-8-7-17(15-23)22-9-11-24-12-10-22/h4-6,13,17H,3,7-12,14-15H2,1-2H3,(H,20,21).